The third-order valence-electron chi connectivity index (χ3n) is 9.76. The largest absolute Gasteiger partial charge is 0.495 e. The van der Waals surface area contributed by atoms with Gasteiger partial charge in [-0.05, 0) is 57.6 Å². The van der Waals surface area contributed by atoms with Crippen molar-refractivity contribution in [2.24, 2.45) is 0 Å². The quantitative estimate of drug-likeness (QED) is 0.277. The monoisotopic (exact) mass is 737 g/mol. The first-order valence-corrected chi connectivity index (χ1v) is 17.4. The zero-order chi connectivity index (χ0) is 37.2. The molecule has 13 nitrogen and oxygen atoms in total. The number of esters is 1. The number of likely N-dealkylation sites (N-methyl/N-ethyl adjacent to an activating group) is 1. The highest BCUT2D eigenvalue weighted by atomic mass is 35.5. The van der Waals surface area contributed by atoms with Crippen LogP contribution in [0.3, 0.4) is 0 Å². The van der Waals surface area contributed by atoms with Gasteiger partial charge in [-0.25, -0.2) is 9.59 Å². The minimum absolute atomic E-state index is 0.0950. The van der Waals surface area contributed by atoms with Gasteiger partial charge in [0.1, 0.15) is 46.3 Å². The highest BCUT2D eigenvalue weighted by Crippen LogP contribution is 2.50. The average molecular weight is 738 g/mol. The summed E-state index contributed by atoms with van der Waals surface area (Å²) in [7, 11) is 5.97. The summed E-state index contributed by atoms with van der Waals surface area (Å²) in [5.74, 6) is -0.793. The third-order valence-corrected chi connectivity index (χ3v) is 10.4. The van der Waals surface area contributed by atoms with Crippen LogP contribution in [-0.2, 0) is 39.8 Å². The van der Waals surface area contributed by atoms with Crippen molar-refractivity contribution in [2.75, 3.05) is 39.0 Å². The molecule has 6 bridgehead atoms. The second kappa shape index (κ2) is 15.5. The number of aliphatic hydroxyl groups is 1. The first kappa shape index (κ1) is 39.5. The Morgan fingerprint density at radius 2 is 1.92 bits per heavy atom. The van der Waals surface area contributed by atoms with Crippen LogP contribution in [0.5, 0.6) is 5.75 Å². The van der Waals surface area contributed by atoms with Gasteiger partial charge >= 0.3 is 12.1 Å². The van der Waals surface area contributed by atoms with Gasteiger partial charge in [-0.1, -0.05) is 35.4 Å². The molecule has 7 atom stereocenters. The molecular formula is C35H48ClN3O10S. The molecule has 2 N–H and O–H groups in total. The number of nitrogens with one attached hydrogen (secondary N) is 1. The van der Waals surface area contributed by atoms with Gasteiger partial charge in [0.2, 0.25) is 11.8 Å². The second-order valence-corrected chi connectivity index (χ2v) is 14.5. The Bertz CT molecular complexity index is 1550. The number of alkyl carbamates (subject to hydrolysis) is 1. The number of rotatable bonds is 7. The lowest BCUT2D eigenvalue weighted by atomic mass is 9.72. The molecule has 50 heavy (non-hydrogen) atoms. The summed E-state index contributed by atoms with van der Waals surface area (Å²) < 4.78 is 29.3. The van der Waals surface area contributed by atoms with E-state index in [0.29, 0.717) is 23.6 Å². The minimum atomic E-state index is -1.85. The molecule has 276 valence electrons. The van der Waals surface area contributed by atoms with E-state index in [1.54, 1.807) is 45.2 Å². The zero-order valence-corrected chi connectivity index (χ0v) is 31.4. The van der Waals surface area contributed by atoms with Gasteiger partial charge < -0.3 is 38.6 Å². The van der Waals surface area contributed by atoms with E-state index in [-0.39, 0.29) is 36.6 Å². The van der Waals surface area contributed by atoms with E-state index in [1.807, 2.05) is 13.0 Å². The lowest BCUT2D eigenvalue weighted by Crippen LogP contribution is -2.72. The maximum atomic E-state index is 14.0. The van der Waals surface area contributed by atoms with Crippen molar-refractivity contribution >= 4 is 53.8 Å². The van der Waals surface area contributed by atoms with E-state index in [9.17, 15) is 24.3 Å². The van der Waals surface area contributed by atoms with Crippen LogP contribution in [0.1, 0.15) is 58.9 Å². The number of anilines is 1. The van der Waals surface area contributed by atoms with E-state index in [0.717, 1.165) is 11.1 Å². The van der Waals surface area contributed by atoms with Crippen LogP contribution in [-0.4, -0.2) is 109 Å². The molecule has 2 saturated heterocycles. The Morgan fingerprint density at radius 3 is 2.54 bits per heavy atom. The number of hydrogen-bond acceptors (Lipinski definition) is 11. The lowest BCUT2D eigenvalue weighted by Gasteiger charge is -2.59. The average Bonchev–Trinajstić information content (AvgIpc) is 3.04. The van der Waals surface area contributed by atoms with Crippen molar-refractivity contribution in [3.63, 3.8) is 0 Å². The van der Waals surface area contributed by atoms with Crippen LogP contribution >= 0.6 is 24.2 Å². The number of nitrogens with zero attached hydrogens (tertiary/aromatic N) is 2. The number of carbonyl (C=O) groups is 4. The summed E-state index contributed by atoms with van der Waals surface area (Å²) in [5.41, 5.74) is -2.11. The third kappa shape index (κ3) is 8.25. The van der Waals surface area contributed by atoms with Gasteiger partial charge in [0.25, 0.3) is 0 Å². The summed E-state index contributed by atoms with van der Waals surface area (Å²) in [5, 5.41) is 14.4. The number of amides is 3. The molecular weight excluding hydrogens is 690 g/mol. The van der Waals surface area contributed by atoms with Gasteiger partial charge in [-0.15, -0.1) is 0 Å². The molecule has 15 heteroatoms. The Labute approximate surface area is 303 Å². The van der Waals surface area contributed by atoms with E-state index < -0.39 is 59.3 Å². The number of methoxy groups -OCH3 is 2. The molecule has 1 aromatic rings. The molecule has 0 saturated carbocycles. The fraction of sp³-hybridized carbons (Fsp3) is 0.600. The number of allylic oxidation sites excluding steroid dienone is 3. The Kier molecular flexibility index (Phi) is 12.3. The molecule has 3 amide bonds. The SMILES string of the molecule is COc1cc2cc(c1Cl)N(C)C(=O)CC(OC(=O)C(C)N(C)C(=O)CCS)C1(C)CC(C)(O1)C1CC(O)(NC(=O)O1)C(OC)/C=C/C=C(\C)C2. The van der Waals surface area contributed by atoms with Crippen molar-refractivity contribution in [3.05, 3.63) is 46.5 Å². The van der Waals surface area contributed by atoms with Gasteiger partial charge in [0.05, 0.1) is 19.2 Å². The number of carbonyl (C=O) groups excluding carboxylic acids is 4. The molecule has 5 rings (SSSR count). The number of halogens is 1. The normalized spacial score (nSPS) is 32.3. The minimum Gasteiger partial charge on any atom is -0.495 e. The molecule has 0 radical (unpaired) electrons. The molecule has 0 aromatic heterocycles. The zero-order valence-electron chi connectivity index (χ0n) is 29.8. The first-order chi connectivity index (χ1) is 23.4. The van der Waals surface area contributed by atoms with E-state index >= 15 is 0 Å². The molecule has 0 spiro atoms. The van der Waals surface area contributed by atoms with Crippen molar-refractivity contribution < 1.29 is 48.0 Å². The predicted molar refractivity (Wildman–Crippen MR) is 189 cm³/mol. The molecule has 1 aromatic carbocycles. The van der Waals surface area contributed by atoms with Crippen LogP contribution in [0.25, 0.3) is 0 Å². The van der Waals surface area contributed by atoms with Gasteiger partial charge in [-0.2, -0.15) is 12.6 Å². The molecule has 4 aliphatic heterocycles. The van der Waals surface area contributed by atoms with E-state index in [2.05, 4.69) is 17.9 Å². The van der Waals surface area contributed by atoms with Gasteiger partial charge in [0, 0.05) is 40.5 Å². The number of thiol groups is 1. The molecule has 4 aliphatic rings. The van der Waals surface area contributed by atoms with Gasteiger partial charge in [0.15, 0.2) is 5.72 Å². The van der Waals surface area contributed by atoms with Crippen LogP contribution in [0.4, 0.5) is 10.5 Å². The summed E-state index contributed by atoms with van der Waals surface area (Å²) in [4.78, 5) is 55.6. The lowest BCUT2D eigenvalue weighted by molar-refractivity contribution is -0.328. The Balaban J connectivity index is 1.78. The molecule has 2 fully saturated rings. The maximum Gasteiger partial charge on any atom is 0.409 e. The fourth-order valence-corrected chi connectivity index (χ4v) is 7.29. The van der Waals surface area contributed by atoms with Crippen LogP contribution in [0.15, 0.2) is 35.9 Å². The van der Waals surface area contributed by atoms with E-state index in [1.165, 1.54) is 38.0 Å². The maximum absolute atomic E-state index is 14.0. The molecule has 4 heterocycles. The molecule has 7 unspecified atom stereocenters. The summed E-state index contributed by atoms with van der Waals surface area (Å²) in [6.45, 7) is 6.88. The summed E-state index contributed by atoms with van der Waals surface area (Å²) in [6, 6.07) is 2.60. The van der Waals surface area contributed by atoms with E-state index in [4.69, 9.17) is 35.3 Å². The number of benzene rings is 1. The van der Waals surface area contributed by atoms with Crippen molar-refractivity contribution in [1.82, 2.24) is 10.2 Å². The van der Waals surface area contributed by atoms with Crippen LogP contribution in [0, 0.1) is 0 Å². The van der Waals surface area contributed by atoms with Crippen molar-refractivity contribution in [2.45, 2.75) is 101 Å². The van der Waals surface area contributed by atoms with Crippen LogP contribution < -0.4 is 15.0 Å². The number of ether oxygens (including phenoxy) is 5. The predicted octanol–water partition coefficient (Wildman–Crippen LogP) is 3.98. The number of fused-ring (bicyclic) bond motifs is 6. The topological polar surface area (TPSA) is 153 Å². The summed E-state index contributed by atoms with van der Waals surface area (Å²) >= 11 is 10.8. The van der Waals surface area contributed by atoms with Crippen molar-refractivity contribution in [1.29, 1.82) is 0 Å². The van der Waals surface area contributed by atoms with Crippen LogP contribution in [0.2, 0.25) is 5.02 Å². The summed E-state index contributed by atoms with van der Waals surface area (Å²) in [6.07, 6.45) is 1.68. The Morgan fingerprint density at radius 1 is 1.24 bits per heavy atom. The first-order valence-electron chi connectivity index (χ1n) is 16.4. The number of hydrogen-bond donors (Lipinski definition) is 3. The van der Waals surface area contributed by atoms with Crippen molar-refractivity contribution in [3.8, 4) is 5.75 Å². The molecule has 0 aliphatic carbocycles. The van der Waals surface area contributed by atoms with Gasteiger partial charge in [-0.3, -0.25) is 14.9 Å². The fourth-order valence-electron chi connectivity index (χ4n) is 6.78. The Hall–Kier alpha value is -3.30. The smallest absolute Gasteiger partial charge is 0.409 e. The standard InChI is InChI=1S/C35H48ClN3O10S/c1-20-10-9-11-25(46-8)35(44)18-27(48-32(43)37-35)34(4)19-33(3,49-34)26(47-31(42)21(2)38(5)28(40)12-13-50)17-29(41)39(6)23-15-22(14-20)16-24(45-7)30(23)36/h9-11,15-16,21,25-27,44,50H,12-14,17-19H2,1-8H3,(H,37,43)/b11-9+,20-10+. The second-order valence-electron chi connectivity index (χ2n) is 13.7. The highest BCUT2D eigenvalue weighted by Gasteiger charge is 2.63. The highest BCUT2D eigenvalue weighted by molar-refractivity contribution is 7.80.